The molecule has 4 rings (SSSR count). The van der Waals surface area contributed by atoms with Crippen molar-refractivity contribution < 1.29 is 14.2 Å². The molecule has 33 heavy (non-hydrogen) atoms. The van der Waals surface area contributed by atoms with E-state index in [0.29, 0.717) is 34.1 Å². The Bertz CT molecular complexity index is 1300. The molecule has 0 spiro atoms. The first-order chi connectivity index (χ1) is 16.1. The molecule has 0 aliphatic carbocycles. The van der Waals surface area contributed by atoms with Gasteiger partial charge in [0.15, 0.2) is 11.5 Å². The van der Waals surface area contributed by atoms with Crippen LogP contribution in [0.2, 0.25) is 0 Å². The summed E-state index contributed by atoms with van der Waals surface area (Å²) in [6, 6.07) is 25.8. The monoisotopic (exact) mass is 437 g/mol. The van der Waals surface area contributed by atoms with Gasteiger partial charge in [0.1, 0.15) is 17.5 Å². The smallest absolute Gasteiger partial charge is 0.203 e. The minimum Gasteiger partial charge on any atom is -0.493 e. The van der Waals surface area contributed by atoms with Gasteiger partial charge in [-0.05, 0) is 34.9 Å². The summed E-state index contributed by atoms with van der Waals surface area (Å²) in [5.41, 5.74) is 11.6. The predicted octanol–water partition coefficient (Wildman–Crippen LogP) is 5.56. The average Bonchev–Trinajstić information content (AvgIpc) is 2.87. The van der Waals surface area contributed by atoms with E-state index in [2.05, 4.69) is 23.2 Å². The van der Waals surface area contributed by atoms with Crippen LogP contribution in [0.15, 0.2) is 72.8 Å². The Hall–Kier alpha value is -4.50. The number of hydrogen-bond donors (Lipinski definition) is 1. The number of benzene rings is 3. The first-order valence-electron chi connectivity index (χ1n) is 10.3. The highest BCUT2D eigenvalue weighted by Gasteiger charge is 2.19. The zero-order chi connectivity index (χ0) is 23.4. The van der Waals surface area contributed by atoms with Crippen LogP contribution in [-0.2, 0) is 0 Å². The van der Waals surface area contributed by atoms with Crippen molar-refractivity contribution in [1.29, 1.82) is 5.26 Å². The Morgan fingerprint density at radius 2 is 1.30 bits per heavy atom. The van der Waals surface area contributed by atoms with Crippen LogP contribution in [0.4, 0.5) is 5.82 Å². The second-order valence-electron chi connectivity index (χ2n) is 7.28. The van der Waals surface area contributed by atoms with Crippen LogP contribution in [0.1, 0.15) is 5.56 Å². The molecule has 0 unspecified atom stereocenters. The first-order valence-corrected chi connectivity index (χ1v) is 10.3. The summed E-state index contributed by atoms with van der Waals surface area (Å²) in [4.78, 5) is 4.49. The number of pyridine rings is 1. The van der Waals surface area contributed by atoms with Crippen LogP contribution >= 0.6 is 0 Å². The van der Waals surface area contributed by atoms with Crippen LogP contribution in [0.25, 0.3) is 33.5 Å². The number of nitriles is 1. The lowest BCUT2D eigenvalue weighted by Crippen LogP contribution is -2.01. The van der Waals surface area contributed by atoms with E-state index in [0.717, 1.165) is 16.7 Å². The van der Waals surface area contributed by atoms with Gasteiger partial charge >= 0.3 is 0 Å². The van der Waals surface area contributed by atoms with Crippen molar-refractivity contribution >= 4 is 5.82 Å². The predicted molar refractivity (Wildman–Crippen MR) is 129 cm³/mol. The molecule has 1 aromatic heterocycles. The third-order valence-corrected chi connectivity index (χ3v) is 5.42. The number of methoxy groups -OCH3 is 3. The van der Waals surface area contributed by atoms with Gasteiger partial charge < -0.3 is 19.9 Å². The van der Waals surface area contributed by atoms with Crippen LogP contribution in [0.5, 0.6) is 17.2 Å². The molecule has 0 aliphatic heterocycles. The summed E-state index contributed by atoms with van der Waals surface area (Å²) in [6.07, 6.45) is 0. The van der Waals surface area contributed by atoms with Crippen molar-refractivity contribution in [3.63, 3.8) is 0 Å². The molecule has 164 valence electrons. The zero-order valence-electron chi connectivity index (χ0n) is 18.6. The molecule has 4 aromatic rings. The van der Waals surface area contributed by atoms with Crippen molar-refractivity contribution in [3.8, 4) is 56.8 Å². The number of nitrogens with two attached hydrogens (primary N) is 1. The summed E-state index contributed by atoms with van der Waals surface area (Å²) < 4.78 is 16.4. The van der Waals surface area contributed by atoms with Gasteiger partial charge in [-0.25, -0.2) is 4.98 Å². The van der Waals surface area contributed by atoms with Gasteiger partial charge in [-0.1, -0.05) is 54.6 Å². The van der Waals surface area contributed by atoms with Gasteiger partial charge in [0, 0.05) is 11.1 Å². The van der Waals surface area contributed by atoms with Crippen molar-refractivity contribution in [2.24, 2.45) is 0 Å². The number of anilines is 1. The summed E-state index contributed by atoms with van der Waals surface area (Å²) >= 11 is 0. The van der Waals surface area contributed by atoms with Crippen LogP contribution in [0.3, 0.4) is 0 Å². The van der Waals surface area contributed by atoms with Crippen molar-refractivity contribution in [2.45, 2.75) is 0 Å². The molecular formula is C27H23N3O3. The Kier molecular flexibility index (Phi) is 6.14. The highest BCUT2D eigenvalue weighted by Crippen LogP contribution is 2.43. The molecule has 0 radical (unpaired) electrons. The number of nitrogen functional groups attached to an aromatic ring is 1. The van der Waals surface area contributed by atoms with E-state index in [1.807, 2.05) is 48.5 Å². The van der Waals surface area contributed by atoms with Gasteiger partial charge in [-0.2, -0.15) is 5.26 Å². The van der Waals surface area contributed by atoms with Crippen molar-refractivity contribution in [1.82, 2.24) is 4.98 Å². The normalized spacial score (nSPS) is 10.4. The van der Waals surface area contributed by atoms with E-state index in [4.69, 9.17) is 19.9 Å². The van der Waals surface area contributed by atoms with E-state index >= 15 is 0 Å². The SMILES string of the molecule is COc1cc(-c2cc(-c3ccc(-c4ccccc4)cc3)nc(N)c2C#N)cc(OC)c1OC. The maximum absolute atomic E-state index is 9.78. The second-order valence-corrected chi connectivity index (χ2v) is 7.28. The van der Waals surface area contributed by atoms with E-state index in [9.17, 15) is 5.26 Å². The van der Waals surface area contributed by atoms with Gasteiger partial charge in [0.25, 0.3) is 0 Å². The fourth-order valence-corrected chi connectivity index (χ4v) is 3.76. The molecule has 0 saturated carbocycles. The molecule has 0 saturated heterocycles. The van der Waals surface area contributed by atoms with Crippen LogP contribution in [0, 0.1) is 11.3 Å². The van der Waals surface area contributed by atoms with Gasteiger partial charge in [0.05, 0.1) is 27.0 Å². The quantitative estimate of drug-likeness (QED) is 0.425. The topological polar surface area (TPSA) is 90.4 Å². The number of rotatable bonds is 6. The highest BCUT2D eigenvalue weighted by atomic mass is 16.5. The molecule has 6 heteroatoms. The molecule has 2 N–H and O–H groups in total. The summed E-state index contributed by atoms with van der Waals surface area (Å²) in [6.45, 7) is 0. The zero-order valence-corrected chi connectivity index (χ0v) is 18.6. The fourth-order valence-electron chi connectivity index (χ4n) is 3.76. The number of nitrogens with zero attached hydrogens (tertiary/aromatic N) is 2. The van der Waals surface area contributed by atoms with Crippen LogP contribution in [-0.4, -0.2) is 26.3 Å². The fraction of sp³-hybridized carbons (Fsp3) is 0.111. The third-order valence-electron chi connectivity index (χ3n) is 5.42. The maximum atomic E-state index is 9.78. The molecule has 0 atom stereocenters. The van der Waals surface area contributed by atoms with Crippen molar-refractivity contribution in [3.05, 3.63) is 78.4 Å². The Morgan fingerprint density at radius 1 is 0.727 bits per heavy atom. The molecular weight excluding hydrogens is 414 g/mol. The average molecular weight is 437 g/mol. The largest absolute Gasteiger partial charge is 0.493 e. The lowest BCUT2D eigenvalue weighted by atomic mass is 9.97. The Morgan fingerprint density at radius 3 is 1.85 bits per heavy atom. The minimum atomic E-state index is 0.158. The minimum absolute atomic E-state index is 0.158. The molecule has 0 fully saturated rings. The maximum Gasteiger partial charge on any atom is 0.203 e. The van der Waals surface area contributed by atoms with Gasteiger partial charge in [0.2, 0.25) is 5.75 Å². The molecule has 3 aromatic carbocycles. The van der Waals surface area contributed by atoms with E-state index in [-0.39, 0.29) is 11.4 Å². The van der Waals surface area contributed by atoms with E-state index < -0.39 is 0 Å². The third kappa shape index (κ3) is 4.17. The standard InChI is InChI=1S/C27H23N3O3/c1-31-24-13-20(14-25(32-2)26(24)33-3)21-15-23(30-27(29)22(21)16-28)19-11-9-18(10-12-19)17-7-5-4-6-8-17/h4-15H,1-3H3,(H2,29,30). The van der Waals surface area contributed by atoms with Crippen molar-refractivity contribution in [2.75, 3.05) is 27.1 Å². The number of hydrogen-bond acceptors (Lipinski definition) is 6. The summed E-state index contributed by atoms with van der Waals surface area (Å²) in [7, 11) is 4.64. The summed E-state index contributed by atoms with van der Waals surface area (Å²) in [5.74, 6) is 1.60. The Labute approximate surface area is 192 Å². The first kappa shape index (κ1) is 21.7. The number of ether oxygens (including phenoxy) is 3. The second kappa shape index (κ2) is 9.33. The molecule has 1 heterocycles. The van der Waals surface area contributed by atoms with E-state index in [1.165, 1.54) is 0 Å². The highest BCUT2D eigenvalue weighted by molar-refractivity contribution is 5.82. The molecule has 6 nitrogen and oxygen atoms in total. The molecule has 0 bridgehead atoms. The lowest BCUT2D eigenvalue weighted by Gasteiger charge is -2.16. The lowest BCUT2D eigenvalue weighted by molar-refractivity contribution is 0.324. The van der Waals surface area contributed by atoms with Gasteiger partial charge in [-0.15, -0.1) is 0 Å². The van der Waals surface area contributed by atoms with Crippen LogP contribution < -0.4 is 19.9 Å². The molecule has 0 aliphatic rings. The van der Waals surface area contributed by atoms with Gasteiger partial charge in [-0.3, -0.25) is 0 Å². The summed E-state index contributed by atoms with van der Waals surface area (Å²) in [5, 5.41) is 9.78. The van der Waals surface area contributed by atoms with E-state index in [1.54, 1.807) is 33.5 Å². The molecule has 0 amide bonds. The Balaban J connectivity index is 1.84. The number of aromatic nitrogens is 1.